The molecule has 0 aliphatic carbocycles. The molecule has 0 saturated heterocycles. The van der Waals surface area contributed by atoms with E-state index in [1.807, 2.05) is 0 Å². The highest BCUT2D eigenvalue weighted by Crippen LogP contribution is 1.73. The van der Waals surface area contributed by atoms with Gasteiger partial charge in [0.05, 0.1) is 28.2 Å². The fourth-order valence-corrected chi connectivity index (χ4v) is 0. The normalized spacial score (nSPS) is 11.2. The first-order valence-electron chi connectivity index (χ1n) is 3.02. The third-order valence-electron chi connectivity index (χ3n) is 0. The van der Waals surface area contributed by atoms with Gasteiger partial charge in [-0.15, -0.1) is 20.5 Å². The maximum absolute atomic E-state index is 8.49. The summed E-state index contributed by atoms with van der Waals surface area (Å²) in [4.78, 5) is 0. The van der Waals surface area contributed by atoms with E-state index >= 15 is 0 Å². The molecule has 4 N–H and O–H groups in total. The SMILES string of the molecule is C[N+](C)(C)C.[NH4+].[O-][Cl+3]([O-])([O-])[O-].[O-][Cl+3]([O-])([O-])[O-]. The number of hydrogen-bond donors (Lipinski definition) is 1. The van der Waals surface area contributed by atoms with Gasteiger partial charge in [0.2, 0.25) is 0 Å². The first-order valence-corrected chi connectivity index (χ1v) is 5.49. The van der Waals surface area contributed by atoms with Crippen molar-refractivity contribution < 1.29 is 62.2 Å². The first-order chi connectivity index (χ1) is 6.00. The highest BCUT2D eigenvalue weighted by molar-refractivity contribution is 3.87. The monoisotopic (exact) mass is 290 g/mol. The van der Waals surface area contributed by atoms with Gasteiger partial charge in [0.1, 0.15) is 0 Å². The predicted molar refractivity (Wildman–Crippen MR) is 29.9 cm³/mol. The van der Waals surface area contributed by atoms with Gasteiger partial charge in [-0.05, 0) is 0 Å². The number of nitrogens with zero attached hydrogens (tertiary/aromatic N) is 1. The van der Waals surface area contributed by atoms with Gasteiger partial charge in [-0.1, -0.05) is 0 Å². The van der Waals surface area contributed by atoms with Crippen molar-refractivity contribution in [2.45, 2.75) is 0 Å². The van der Waals surface area contributed by atoms with Crippen LogP contribution in [0.4, 0.5) is 0 Å². The zero-order valence-corrected chi connectivity index (χ0v) is 11.0. The molecule has 0 aromatic rings. The smallest absolute Gasteiger partial charge is 0.0675 e. The van der Waals surface area contributed by atoms with Crippen LogP contribution in [0, 0.1) is 20.5 Å². The summed E-state index contributed by atoms with van der Waals surface area (Å²) in [7, 11) is -1.39. The highest BCUT2D eigenvalue weighted by Gasteiger charge is 1.88. The zero-order chi connectivity index (χ0) is 13.5. The molecule has 0 fully saturated rings. The molecular weight excluding hydrogens is 275 g/mol. The van der Waals surface area contributed by atoms with Gasteiger partial charge < -0.3 is 10.6 Å². The first kappa shape index (κ1) is 25.1. The molecular formula is C4H16Cl2N2O8. The fourth-order valence-electron chi connectivity index (χ4n) is 0. The second-order valence-electron chi connectivity index (χ2n) is 3.44. The van der Waals surface area contributed by atoms with Crippen LogP contribution in [0.2, 0.25) is 0 Å². The van der Waals surface area contributed by atoms with Crippen molar-refractivity contribution in [2.75, 3.05) is 28.2 Å². The van der Waals surface area contributed by atoms with Crippen LogP contribution >= 0.6 is 0 Å². The molecule has 0 unspecified atom stereocenters. The topological polar surface area (TPSA) is 221 Å². The lowest BCUT2D eigenvalue weighted by molar-refractivity contribution is -2.00. The molecule has 0 radical (unpaired) electrons. The lowest BCUT2D eigenvalue weighted by atomic mass is 10.8. The molecule has 0 rings (SSSR count). The van der Waals surface area contributed by atoms with Crippen molar-refractivity contribution in [3.63, 3.8) is 0 Å². The number of quaternary nitrogens is 2. The summed E-state index contributed by atoms with van der Waals surface area (Å²) in [6, 6.07) is 0. The Hall–Kier alpha value is 0.180. The van der Waals surface area contributed by atoms with Crippen LogP contribution in [0.1, 0.15) is 0 Å². The van der Waals surface area contributed by atoms with Crippen LogP contribution in [0.15, 0.2) is 0 Å². The summed E-state index contributed by atoms with van der Waals surface area (Å²) in [5, 5.41) is 0. The van der Waals surface area contributed by atoms with Crippen molar-refractivity contribution in [1.29, 1.82) is 0 Å². The Morgan fingerprint density at radius 2 is 0.562 bits per heavy atom. The third kappa shape index (κ3) is 76000. The van der Waals surface area contributed by atoms with Crippen LogP contribution in [0.5, 0.6) is 0 Å². The molecule has 0 aliphatic heterocycles. The summed E-state index contributed by atoms with van der Waals surface area (Å²) in [6.07, 6.45) is 0. The summed E-state index contributed by atoms with van der Waals surface area (Å²) in [5.41, 5.74) is 0. The largest absolute Gasteiger partial charge is 0.369 e. The van der Waals surface area contributed by atoms with Gasteiger partial charge >= 0.3 is 0 Å². The second-order valence-corrected chi connectivity index (χ2v) is 4.95. The standard InChI is InChI=1S/C4H12N.2ClHO4.H3N/c1-5(2,3)4;2*2-1(3,4)5;/h1-4H3;2*(H,2,3,4,5);1H3/q+1;;;/p-1. The van der Waals surface area contributed by atoms with Crippen molar-refractivity contribution >= 4 is 0 Å². The van der Waals surface area contributed by atoms with Crippen LogP contribution in [-0.4, -0.2) is 32.7 Å². The van der Waals surface area contributed by atoms with E-state index < -0.39 is 20.5 Å². The lowest BCUT2D eigenvalue weighted by Crippen LogP contribution is -2.68. The van der Waals surface area contributed by atoms with E-state index in [1.165, 1.54) is 0 Å². The van der Waals surface area contributed by atoms with E-state index in [0.29, 0.717) is 0 Å². The Bertz CT molecular complexity index is 103. The van der Waals surface area contributed by atoms with E-state index in [-0.39, 0.29) is 6.15 Å². The van der Waals surface area contributed by atoms with E-state index in [0.717, 1.165) is 4.48 Å². The summed E-state index contributed by atoms with van der Waals surface area (Å²) in [6.45, 7) is 0. The van der Waals surface area contributed by atoms with Crippen molar-refractivity contribution in [3.8, 4) is 0 Å². The minimum absolute atomic E-state index is 0. The van der Waals surface area contributed by atoms with E-state index in [9.17, 15) is 0 Å². The van der Waals surface area contributed by atoms with E-state index in [4.69, 9.17) is 37.3 Å². The molecule has 104 valence electrons. The molecule has 0 aliphatic rings. The van der Waals surface area contributed by atoms with Crippen molar-refractivity contribution in [1.82, 2.24) is 6.15 Å². The summed E-state index contributed by atoms with van der Waals surface area (Å²) in [5.74, 6) is 0. The molecule has 10 nitrogen and oxygen atoms in total. The Morgan fingerprint density at radius 1 is 0.562 bits per heavy atom. The van der Waals surface area contributed by atoms with Crippen LogP contribution in [-0.2, 0) is 0 Å². The molecule has 0 saturated carbocycles. The molecule has 12 heteroatoms. The predicted octanol–water partition coefficient (Wildman–Crippen LogP) is -8.81. The molecule has 0 aromatic carbocycles. The second kappa shape index (κ2) is 9.23. The van der Waals surface area contributed by atoms with Crippen LogP contribution in [0.25, 0.3) is 0 Å². The fraction of sp³-hybridized carbons (Fsp3) is 1.00. The summed E-state index contributed by atoms with van der Waals surface area (Å²) < 4.78 is 68.9. The molecule has 0 heterocycles. The third-order valence-corrected chi connectivity index (χ3v) is 0. The minimum atomic E-state index is -4.94. The van der Waals surface area contributed by atoms with Gasteiger partial charge in [-0.25, -0.2) is 37.3 Å². The molecule has 16 heavy (non-hydrogen) atoms. The van der Waals surface area contributed by atoms with Gasteiger partial charge in [-0.2, -0.15) is 0 Å². The molecule has 0 bridgehead atoms. The van der Waals surface area contributed by atoms with Crippen molar-refractivity contribution in [2.24, 2.45) is 0 Å². The molecule has 0 amide bonds. The molecule has 0 aromatic heterocycles. The minimum Gasteiger partial charge on any atom is -0.369 e. The van der Waals surface area contributed by atoms with E-state index in [1.54, 1.807) is 0 Å². The van der Waals surface area contributed by atoms with Crippen molar-refractivity contribution in [3.05, 3.63) is 0 Å². The van der Waals surface area contributed by atoms with Gasteiger partial charge in [-0.3, -0.25) is 0 Å². The van der Waals surface area contributed by atoms with Crippen LogP contribution < -0.4 is 43.4 Å². The Labute approximate surface area is 97.2 Å². The number of hydrogen-bond acceptors (Lipinski definition) is 8. The Balaban J connectivity index is -0.0000000655. The Morgan fingerprint density at radius 3 is 0.562 bits per heavy atom. The van der Waals surface area contributed by atoms with Gasteiger partial charge in [0.25, 0.3) is 0 Å². The zero-order valence-electron chi connectivity index (χ0n) is 9.47. The lowest BCUT2D eigenvalue weighted by Gasteiger charge is -2.17. The number of rotatable bonds is 0. The highest BCUT2D eigenvalue weighted by atomic mass is 35.7. The quantitative estimate of drug-likeness (QED) is 0.420. The van der Waals surface area contributed by atoms with Gasteiger partial charge in [0.15, 0.2) is 0 Å². The van der Waals surface area contributed by atoms with Crippen LogP contribution in [0.3, 0.4) is 0 Å². The Kier molecular flexibility index (Phi) is 14.5. The maximum Gasteiger partial charge on any atom is 0.0675 e. The van der Waals surface area contributed by atoms with E-state index in [2.05, 4.69) is 28.2 Å². The average Bonchev–Trinajstić information content (AvgIpc) is 1.41. The molecule has 0 spiro atoms. The van der Waals surface area contributed by atoms with Gasteiger partial charge in [0, 0.05) is 0 Å². The summed E-state index contributed by atoms with van der Waals surface area (Å²) >= 11 is 0. The average molecular weight is 291 g/mol. The molecule has 0 atom stereocenters. The maximum atomic E-state index is 8.49. The number of halogens is 2.